The number of carbonyl (C=O) groups excluding carboxylic acids is 1. The number of hydrogen-bond donors (Lipinski definition) is 2. The molecule has 1 aliphatic heterocycles. The summed E-state index contributed by atoms with van der Waals surface area (Å²) in [6, 6.07) is 11.3. The van der Waals surface area contributed by atoms with E-state index in [9.17, 15) is 4.79 Å². The Morgan fingerprint density at radius 2 is 2.00 bits per heavy atom. The monoisotopic (exact) mass is 350 g/mol. The summed E-state index contributed by atoms with van der Waals surface area (Å²) in [6.45, 7) is 2.80. The quantitative estimate of drug-likeness (QED) is 0.663. The highest BCUT2D eigenvalue weighted by molar-refractivity contribution is 5.96. The number of amides is 1. The van der Waals surface area contributed by atoms with Crippen LogP contribution in [-0.4, -0.2) is 32.7 Å². The van der Waals surface area contributed by atoms with Crippen molar-refractivity contribution in [1.29, 1.82) is 0 Å². The average Bonchev–Trinajstić information content (AvgIpc) is 3.29. The fourth-order valence-electron chi connectivity index (χ4n) is 3.24. The van der Waals surface area contributed by atoms with Crippen LogP contribution in [0.1, 0.15) is 35.0 Å². The Bertz CT molecular complexity index is 639. The molecule has 1 aliphatic rings. The first-order chi connectivity index (χ1) is 11.3. The van der Waals surface area contributed by atoms with Crippen molar-refractivity contribution < 1.29 is 31.3 Å². The van der Waals surface area contributed by atoms with E-state index in [1.165, 1.54) is 17.7 Å². The van der Waals surface area contributed by atoms with Crippen LogP contribution < -0.4 is 27.4 Å². The van der Waals surface area contributed by atoms with Crippen LogP contribution in [0.3, 0.4) is 0 Å². The number of ether oxygens (including phenoxy) is 1. The van der Waals surface area contributed by atoms with Crippen LogP contribution in [0.15, 0.2) is 47.1 Å². The molecule has 1 unspecified atom stereocenters. The molecule has 0 saturated carbocycles. The number of furan rings is 1. The van der Waals surface area contributed by atoms with Crippen LogP contribution >= 0.6 is 0 Å². The summed E-state index contributed by atoms with van der Waals surface area (Å²) in [7, 11) is 1.58. The van der Waals surface area contributed by atoms with E-state index >= 15 is 0 Å². The van der Waals surface area contributed by atoms with Gasteiger partial charge in [-0.3, -0.25) is 4.79 Å². The number of methoxy groups -OCH3 is 1. The smallest absolute Gasteiger partial charge is 0.255 e. The summed E-state index contributed by atoms with van der Waals surface area (Å²) >= 11 is 0. The van der Waals surface area contributed by atoms with Crippen molar-refractivity contribution in [2.75, 3.05) is 26.7 Å². The predicted molar refractivity (Wildman–Crippen MR) is 86.7 cm³/mol. The third kappa shape index (κ3) is 4.10. The highest BCUT2D eigenvalue weighted by atomic mass is 35.5. The Hall–Kier alpha value is -1.98. The lowest BCUT2D eigenvalue weighted by atomic mass is 10.1. The van der Waals surface area contributed by atoms with E-state index in [-0.39, 0.29) is 24.4 Å². The van der Waals surface area contributed by atoms with E-state index in [1.807, 2.05) is 24.3 Å². The second-order valence-corrected chi connectivity index (χ2v) is 5.84. The van der Waals surface area contributed by atoms with Crippen LogP contribution in [0, 0.1) is 0 Å². The van der Waals surface area contributed by atoms with Crippen LogP contribution in [-0.2, 0) is 0 Å². The van der Waals surface area contributed by atoms with Gasteiger partial charge in [0.05, 0.1) is 38.6 Å². The van der Waals surface area contributed by atoms with E-state index in [1.54, 1.807) is 25.5 Å². The fraction of sp³-hybridized carbons (Fsp3) is 0.389. The lowest BCUT2D eigenvalue weighted by Gasteiger charge is -2.23. The summed E-state index contributed by atoms with van der Waals surface area (Å²) in [6.07, 6.45) is 4.15. The molecule has 0 bridgehead atoms. The standard InChI is InChI=1S/C18H22N2O3.ClH/c1-22-16-8-3-2-7-14(16)18(21)19-13-15(17-9-6-12-23-17)20-10-4-5-11-20;/h2-3,6-9,12,15H,4-5,10-11,13H2,1H3,(H,19,21);1H. The largest absolute Gasteiger partial charge is 1.00 e. The van der Waals surface area contributed by atoms with E-state index in [0.29, 0.717) is 17.9 Å². The van der Waals surface area contributed by atoms with Gasteiger partial charge in [-0.2, -0.15) is 0 Å². The van der Waals surface area contributed by atoms with Gasteiger partial charge >= 0.3 is 0 Å². The minimum absolute atomic E-state index is 0. The number of carbonyl (C=O) groups is 1. The molecule has 0 aliphatic carbocycles. The molecule has 1 aromatic heterocycles. The number of halogens is 1. The van der Waals surface area contributed by atoms with Gasteiger partial charge in [0, 0.05) is 12.8 Å². The number of likely N-dealkylation sites (tertiary alicyclic amines) is 1. The maximum atomic E-state index is 12.5. The molecule has 3 rings (SSSR count). The van der Waals surface area contributed by atoms with Gasteiger partial charge in [-0.05, 0) is 24.3 Å². The second kappa shape index (κ2) is 8.76. The first-order valence-electron chi connectivity index (χ1n) is 8.09. The lowest BCUT2D eigenvalue weighted by Crippen LogP contribution is -3.11. The zero-order chi connectivity index (χ0) is 16.1. The lowest BCUT2D eigenvalue weighted by molar-refractivity contribution is -0.919. The molecular weight excluding hydrogens is 328 g/mol. The zero-order valence-corrected chi connectivity index (χ0v) is 14.5. The van der Waals surface area contributed by atoms with Crippen LogP contribution in [0.5, 0.6) is 5.75 Å². The van der Waals surface area contributed by atoms with Crippen molar-refractivity contribution in [3.05, 3.63) is 54.0 Å². The van der Waals surface area contributed by atoms with Gasteiger partial charge in [0.25, 0.3) is 5.91 Å². The van der Waals surface area contributed by atoms with E-state index in [0.717, 1.165) is 18.8 Å². The van der Waals surface area contributed by atoms with Gasteiger partial charge in [-0.25, -0.2) is 0 Å². The minimum Gasteiger partial charge on any atom is -1.00 e. The maximum Gasteiger partial charge on any atom is 0.255 e. The van der Waals surface area contributed by atoms with Crippen molar-refractivity contribution >= 4 is 5.91 Å². The van der Waals surface area contributed by atoms with E-state index < -0.39 is 0 Å². The predicted octanol–water partition coefficient (Wildman–Crippen LogP) is -1.56. The molecule has 130 valence electrons. The summed E-state index contributed by atoms with van der Waals surface area (Å²) in [5.74, 6) is 1.41. The van der Waals surface area contributed by atoms with Gasteiger partial charge in [-0.1, -0.05) is 12.1 Å². The Labute approximate surface area is 148 Å². The molecule has 1 fully saturated rings. The maximum absolute atomic E-state index is 12.5. The molecule has 0 radical (unpaired) electrons. The number of quaternary nitrogens is 1. The average molecular weight is 351 g/mol. The van der Waals surface area contributed by atoms with Crippen LogP contribution in [0.2, 0.25) is 0 Å². The van der Waals surface area contributed by atoms with Crippen molar-refractivity contribution in [2.45, 2.75) is 18.9 Å². The number of rotatable bonds is 6. The second-order valence-electron chi connectivity index (χ2n) is 5.84. The molecule has 2 N–H and O–H groups in total. The molecule has 5 nitrogen and oxygen atoms in total. The zero-order valence-electron chi connectivity index (χ0n) is 13.8. The van der Waals surface area contributed by atoms with Gasteiger partial charge in [0.2, 0.25) is 0 Å². The fourth-order valence-corrected chi connectivity index (χ4v) is 3.24. The number of hydrogen-bond acceptors (Lipinski definition) is 3. The van der Waals surface area contributed by atoms with Crippen molar-refractivity contribution in [1.82, 2.24) is 5.32 Å². The van der Waals surface area contributed by atoms with Gasteiger partial charge in [0.1, 0.15) is 5.75 Å². The van der Waals surface area contributed by atoms with Gasteiger partial charge in [-0.15, -0.1) is 0 Å². The Balaban J connectivity index is 0.00000208. The summed E-state index contributed by atoms with van der Waals surface area (Å²) in [5.41, 5.74) is 0.560. The Kier molecular flexibility index (Phi) is 6.70. The molecule has 0 spiro atoms. The number of benzene rings is 1. The molecule has 2 aromatic rings. The SMILES string of the molecule is COc1ccccc1C(=O)NCC(c1ccco1)[NH+]1CCCC1.[Cl-]. The normalized spacial score (nSPS) is 15.5. The Morgan fingerprint density at radius 1 is 1.25 bits per heavy atom. The van der Waals surface area contributed by atoms with Crippen molar-refractivity contribution in [3.63, 3.8) is 0 Å². The highest BCUT2D eigenvalue weighted by Gasteiger charge is 2.30. The molecule has 1 aromatic carbocycles. The highest BCUT2D eigenvalue weighted by Crippen LogP contribution is 2.17. The Morgan fingerprint density at radius 3 is 2.67 bits per heavy atom. The van der Waals surface area contributed by atoms with E-state index in [2.05, 4.69) is 5.32 Å². The van der Waals surface area contributed by atoms with Crippen molar-refractivity contribution in [3.8, 4) is 5.75 Å². The first-order valence-corrected chi connectivity index (χ1v) is 8.09. The molecule has 2 heterocycles. The summed E-state index contributed by atoms with van der Waals surface area (Å²) < 4.78 is 10.9. The molecule has 1 saturated heterocycles. The summed E-state index contributed by atoms with van der Waals surface area (Å²) in [5, 5.41) is 3.04. The molecule has 24 heavy (non-hydrogen) atoms. The topological polar surface area (TPSA) is 55.9 Å². The third-order valence-corrected chi connectivity index (χ3v) is 4.44. The first kappa shape index (κ1) is 18.4. The molecular formula is C18H23ClN2O3. The molecule has 1 amide bonds. The van der Waals surface area contributed by atoms with Gasteiger partial charge in [0.15, 0.2) is 11.8 Å². The number of para-hydroxylation sites is 1. The van der Waals surface area contributed by atoms with Gasteiger partial charge < -0.3 is 31.8 Å². The van der Waals surface area contributed by atoms with Crippen molar-refractivity contribution in [2.24, 2.45) is 0 Å². The summed E-state index contributed by atoms with van der Waals surface area (Å²) in [4.78, 5) is 14.0. The van der Waals surface area contributed by atoms with Crippen LogP contribution in [0.25, 0.3) is 0 Å². The molecule has 1 atom stereocenters. The molecule has 6 heteroatoms. The van der Waals surface area contributed by atoms with Crippen LogP contribution in [0.4, 0.5) is 0 Å². The number of nitrogens with one attached hydrogen (secondary N) is 2. The minimum atomic E-state index is -0.113. The third-order valence-electron chi connectivity index (χ3n) is 4.44. The van der Waals surface area contributed by atoms with E-state index in [4.69, 9.17) is 9.15 Å².